The van der Waals surface area contributed by atoms with Crippen LogP contribution in [0.1, 0.15) is 23.0 Å². The van der Waals surface area contributed by atoms with Gasteiger partial charge < -0.3 is 15.4 Å². The number of carbonyl (C=O) groups is 2. The fraction of sp³-hybridized carbons (Fsp3) is 0.312. The molecular formula is C16H17F3N4O3. The molecular weight excluding hydrogens is 353 g/mol. The van der Waals surface area contributed by atoms with E-state index in [1.54, 1.807) is 6.92 Å². The van der Waals surface area contributed by atoms with Crippen molar-refractivity contribution >= 4 is 17.5 Å². The van der Waals surface area contributed by atoms with Gasteiger partial charge in [-0.05, 0) is 31.2 Å². The molecule has 2 rings (SSSR count). The van der Waals surface area contributed by atoms with Crippen LogP contribution in [-0.2, 0) is 18.0 Å². The topological polar surface area (TPSA) is 85.3 Å². The average Bonchev–Trinajstić information content (AvgIpc) is 2.97. The van der Waals surface area contributed by atoms with E-state index in [0.717, 1.165) is 10.9 Å². The van der Waals surface area contributed by atoms with Crippen molar-refractivity contribution in [3.8, 4) is 5.75 Å². The maximum Gasteiger partial charge on any atom is 0.435 e. The summed E-state index contributed by atoms with van der Waals surface area (Å²) >= 11 is 0. The van der Waals surface area contributed by atoms with Crippen LogP contribution in [0.2, 0.25) is 0 Å². The van der Waals surface area contributed by atoms with Crippen LogP contribution in [-0.4, -0.2) is 34.7 Å². The number of aryl methyl sites for hydroxylation is 1. The highest BCUT2D eigenvalue weighted by molar-refractivity contribution is 6.05. The second kappa shape index (κ2) is 7.89. The van der Waals surface area contributed by atoms with Crippen molar-refractivity contribution in [2.45, 2.75) is 13.1 Å². The molecule has 2 amide bonds. The van der Waals surface area contributed by atoms with Crippen LogP contribution in [0.4, 0.5) is 18.9 Å². The Morgan fingerprint density at radius 1 is 1.23 bits per heavy atom. The summed E-state index contributed by atoms with van der Waals surface area (Å²) < 4.78 is 44.9. The van der Waals surface area contributed by atoms with E-state index in [2.05, 4.69) is 15.7 Å². The maximum absolute atomic E-state index is 12.9. The Hall–Kier alpha value is -3.04. The van der Waals surface area contributed by atoms with Gasteiger partial charge in [-0.2, -0.15) is 18.3 Å². The summed E-state index contributed by atoms with van der Waals surface area (Å²) in [5.74, 6) is -0.825. The van der Waals surface area contributed by atoms with Gasteiger partial charge in [0.2, 0.25) is 0 Å². The summed E-state index contributed by atoms with van der Waals surface area (Å²) in [6, 6.07) is 5.88. The van der Waals surface area contributed by atoms with E-state index in [4.69, 9.17) is 4.74 Å². The van der Waals surface area contributed by atoms with Crippen molar-refractivity contribution < 1.29 is 27.5 Å². The molecule has 2 aromatic rings. The number of nitrogens with zero attached hydrogens (tertiary/aromatic N) is 2. The van der Waals surface area contributed by atoms with Crippen LogP contribution in [0.15, 0.2) is 30.5 Å². The molecule has 0 unspecified atom stereocenters. The molecule has 1 aromatic carbocycles. The zero-order chi connectivity index (χ0) is 19.3. The van der Waals surface area contributed by atoms with E-state index in [1.807, 2.05) is 0 Å². The van der Waals surface area contributed by atoms with Crippen LogP contribution in [0, 0.1) is 0 Å². The molecule has 1 aromatic heterocycles. The minimum Gasteiger partial charge on any atom is -0.484 e. The molecule has 0 radical (unpaired) electrons. The van der Waals surface area contributed by atoms with Gasteiger partial charge in [-0.1, -0.05) is 0 Å². The van der Waals surface area contributed by atoms with Crippen LogP contribution >= 0.6 is 0 Å². The molecule has 0 saturated heterocycles. The number of nitrogens with one attached hydrogen (secondary N) is 2. The number of carbonyl (C=O) groups excluding carboxylic acids is 2. The quantitative estimate of drug-likeness (QED) is 0.816. The lowest BCUT2D eigenvalue weighted by atomic mass is 10.2. The molecule has 0 atom stereocenters. The van der Waals surface area contributed by atoms with E-state index < -0.39 is 23.3 Å². The molecule has 0 aliphatic heterocycles. The summed E-state index contributed by atoms with van der Waals surface area (Å²) in [6.07, 6.45) is -3.73. The summed E-state index contributed by atoms with van der Waals surface area (Å²) in [7, 11) is 1.30. The van der Waals surface area contributed by atoms with Gasteiger partial charge >= 0.3 is 6.18 Å². The van der Waals surface area contributed by atoms with Gasteiger partial charge in [-0.3, -0.25) is 14.3 Å². The summed E-state index contributed by atoms with van der Waals surface area (Å²) in [5.41, 5.74) is -1.55. The third-order valence-electron chi connectivity index (χ3n) is 3.20. The highest BCUT2D eigenvalue weighted by Gasteiger charge is 2.38. The largest absolute Gasteiger partial charge is 0.484 e. The van der Waals surface area contributed by atoms with Crippen LogP contribution in [0.3, 0.4) is 0 Å². The Morgan fingerprint density at radius 2 is 1.88 bits per heavy atom. The monoisotopic (exact) mass is 370 g/mol. The normalized spacial score (nSPS) is 11.1. The average molecular weight is 370 g/mol. The number of anilines is 1. The van der Waals surface area contributed by atoms with Crippen molar-refractivity contribution in [2.75, 3.05) is 18.5 Å². The number of halogens is 3. The molecule has 1 heterocycles. The molecule has 0 fully saturated rings. The van der Waals surface area contributed by atoms with E-state index in [-0.39, 0.29) is 18.2 Å². The molecule has 26 heavy (non-hydrogen) atoms. The van der Waals surface area contributed by atoms with Crippen LogP contribution in [0.25, 0.3) is 0 Å². The first-order valence-electron chi connectivity index (χ1n) is 7.62. The lowest BCUT2D eigenvalue weighted by Gasteiger charge is -2.09. The zero-order valence-corrected chi connectivity index (χ0v) is 14.1. The predicted molar refractivity (Wildman–Crippen MR) is 86.8 cm³/mol. The first-order valence-corrected chi connectivity index (χ1v) is 7.62. The van der Waals surface area contributed by atoms with E-state index in [0.29, 0.717) is 12.3 Å². The van der Waals surface area contributed by atoms with Crippen molar-refractivity contribution in [2.24, 2.45) is 7.05 Å². The minimum absolute atomic E-state index is 0.163. The van der Waals surface area contributed by atoms with Gasteiger partial charge in [0.05, 0.1) is 5.56 Å². The molecule has 0 aliphatic rings. The molecule has 140 valence electrons. The number of rotatable bonds is 6. The van der Waals surface area contributed by atoms with Crippen molar-refractivity contribution in [3.05, 3.63) is 41.7 Å². The van der Waals surface area contributed by atoms with E-state index in [9.17, 15) is 22.8 Å². The molecule has 2 N–H and O–H groups in total. The van der Waals surface area contributed by atoms with Crippen molar-refractivity contribution in [1.29, 1.82) is 0 Å². The van der Waals surface area contributed by atoms with E-state index in [1.165, 1.54) is 31.3 Å². The van der Waals surface area contributed by atoms with Crippen LogP contribution in [0.5, 0.6) is 5.75 Å². The number of amides is 2. The molecule has 0 spiro atoms. The first-order chi connectivity index (χ1) is 12.2. The second-order valence-electron chi connectivity index (χ2n) is 5.28. The van der Waals surface area contributed by atoms with Crippen molar-refractivity contribution in [1.82, 2.24) is 15.1 Å². The van der Waals surface area contributed by atoms with Gasteiger partial charge in [0.25, 0.3) is 11.8 Å². The number of hydrogen-bond acceptors (Lipinski definition) is 4. The second-order valence-corrected chi connectivity index (χ2v) is 5.28. The number of ether oxygens (including phenoxy) is 1. The van der Waals surface area contributed by atoms with Gasteiger partial charge in [-0.25, -0.2) is 0 Å². The van der Waals surface area contributed by atoms with Gasteiger partial charge in [0, 0.05) is 25.5 Å². The summed E-state index contributed by atoms with van der Waals surface area (Å²) in [5, 5.41) is 8.23. The third kappa shape index (κ3) is 4.98. The molecule has 7 nitrogen and oxygen atoms in total. The van der Waals surface area contributed by atoms with Crippen molar-refractivity contribution in [3.63, 3.8) is 0 Å². The zero-order valence-electron chi connectivity index (χ0n) is 14.1. The van der Waals surface area contributed by atoms with Crippen LogP contribution < -0.4 is 15.4 Å². The van der Waals surface area contributed by atoms with E-state index >= 15 is 0 Å². The highest BCUT2D eigenvalue weighted by Crippen LogP contribution is 2.31. The summed E-state index contributed by atoms with van der Waals surface area (Å²) in [4.78, 5) is 23.4. The van der Waals surface area contributed by atoms with Gasteiger partial charge in [-0.15, -0.1) is 0 Å². The predicted octanol–water partition coefficient (Wildman–Crippen LogP) is 2.21. The molecule has 10 heteroatoms. The maximum atomic E-state index is 12.9. The highest BCUT2D eigenvalue weighted by atomic mass is 19.4. The Morgan fingerprint density at radius 3 is 2.46 bits per heavy atom. The fourth-order valence-electron chi connectivity index (χ4n) is 2.09. The lowest BCUT2D eigenvalue weighted by Crippen LogP contribution is -2.28. The number of benzene rings is 1. The summed E-state index contributed by atoms with van der Waals surface area (Å²) in [6.45, 7) is 2.10. The molecule has 0 saturated carbocycles. The Kier molecular flexibility index (Phi) is 5.86. The number of alkyl halides is 3. The SMILES string of the molecule is CCNC(=O)COc1ccc(NC(=O)c2cn(C)nc2C(F)(F)F)cc1. The Bertz CT molecular complexity index is 785. The first kappa shape index (κ1) is 19.3. The fourth-order valence-corrected chi connectivity index (χ4v) is 2.09. The standard InChI is InChI=1S/C16H17F3N4O3/c1-3-20-13(24)9-26-11-6-4-10(5-7-11)21-15(25)12-8-23(2)22-14(12)16(17,18)19/h4-8H,3,9H2,1-2H3,(H,20,24)(H,21,25). The smallest absolute Gasteiger partial charge is 0.435 e. The Labute approximate surface area is 147 Å². The lowest BCUT2D eigenvalue weighted by molar-refractivity contribution is -0.141. The van der Waals surface area contributed by atoms with Gasteiger partial charge in [0.15, 0.2) is 12.3 Å². The third-order valence-corrected chi connectivity index (χ3v) is 3.20. The number of hydrogen-bond donors (Lipinski definition) is 2. The number of aromatic nitrogens is 2. The molecule has 0 bridgehead atoms. The number of likely N-dealkylation sites (N-methyl/N-ethyl adjacent to an activating group) is 1. The minimum atomic E-state index is -4.73. The molecule has 0 aliphatic carbocycles. The Balaban J connectivity index is 2.03. The van der Waals surface area contributed by atoms with Gasteiger partial charge in [0.1, 0.15) is 5.75 Å².